The van der Waals surface area contributed by atoms with Gasteiger partial charge in [-0.2, -0.15) is 0 Å². The van der Waals surface area contributed by atoms with Crippen LogP contribution in [-0.2, 0) is 4.74 Å². The third kappa shape index (κ3) is 2.90. The zero-order valence-electron chi connectivity index (χ0n) is 14.4. The third-order valence-corrected chi connectivity index (χ3v) is 4.61. The van der Waals surface area contributed by atoms with Gasteiger partial charge in [0.05, 0.1) is 7.11 Å². The number of methoxy groups -OCH3 is 1. The molecule has 1 heterocycles. The first-order valence-electron chi connectivity index (χ1n) is 8.52. The molecule has 1 saturated heterocycles. The van der Waals surface area contributed by atoms with Crippen LogP contribution in [0.3, 0.4) is 0 Å². The van der Waals surface area contributed by atoms with Crippen LogP contribution in [0.15, 0.2) is 84.9 Å². The number of benzene rings is 3. The minimum Gasteiger partial charge on any atom is -0.497 e. The summed E-state index contributed by atoms with van der Waals surface area (Å²) in [7, 11) is 1.62. The molecule has 1 fully saturated rings. The normalized spacial score (nSPS) is 19.3. The van der Waals surface area contributed by atoms with Crippen LogP contribution in [0.1, 0.15) is 23.3 Å². The average molecular weight is 345 g/mol. The van der Waals surface area contributed by atoms with Crippen molar-refractivity contribution in [1.29, 1.82) is 0 Å². The van der Waals surface area contributed by atoms with Gasteiger partial charge in [0.1, 0.15) is 11.8 Å². The number of hydrogen-bond donors (Lipinski definition) is 0. The third-order valence-electron chi connectivity index (χ3n) is 4.61. The summed E-state index contributed by atoms with van der Waals surface area (Å²) in [6.45, 7) is 0. The van der Waals surface area contributed by atoms with Gasteiger partial charge in [-0.1, -0.05) is 60.7 Å². The molecule has 1 aliphatic rings. The fourth-order valence-electron chi connectivity index (χ4n) is 3.35. The molecule has 26 heavy (non-hydrogen) atoms. The van der Waals surface area contributed by atoms with Crippen molar-refractivity contribution in [2.75, 3.05) is 12.0 Å². The topological polar surface area (TPSA) is 38.8 Å². The minimum atomic E-state index is -0.367. The zero-order chi connectivity index (χ0) is 17.9. The van der Waals surface area contributed by atoms with Crippen LogP contribution in [-0.4, -0.2) is 13.2 Å². The van der Waals surface area contributed by atoms with Crippen LogP contribution in [0.5, 0.6) is 5.75 Å². The molecular weight excluding hydrogens is 326 g/mol. The van der Waals surface area contributed by atoms with E-state index in [9.17, 15) is 4.79 Å². The first-order valence-corrected chi connectivity index (χ1v) is 8.52. The van der Waals surface area contributed by atoms with Gasteiger partial charge in [0.15, 0.2) is 6.10 Å². The lowest BCUT2D eigenvalue weighted by atomic mass is 9.95. The van der Waals surface area contributed by atoms with Crippen LogP contribution >= 0.6 is 0 Å². The molecule has 3 aromatic carbocycles. The molecule has 2 atom stereocenters. The van der Waals surface area contributed by atoms with Gasteiger partial charge in [-0.05, 0) is 35.4 Å². The van der Waals surface area contributed by atoms with Crippen molar-refractivity contribution >= 4 is 11.8 Å². The maximum absolute atomic E-state index is 12.8. The van der Waals surface area contributed by atoms with Gasteiger partial charge < -0.3 is 9.47 Å². The summed E-state index contributed by atoms with van der Waals surface area (Å²) in [6, 6.07) is 27.1. The van der Waals surface area contributed by atoms with E-state index >= 15 is 0 Å². The molecule has 1 amide bonds. The quantitative estimate of drug-likeness (QED) is 0.657. The van der Waals surface area contributed by atoms with Gasteiger partial charge >= 0.3 is 6.09 Å². The Balaban J connectivity index is 1.79. The van der Waals surface area contributed by atoms with Gasteiger partial charge in [-0.15, -0.1) is 0 Å². The van der Waals surface area contributed by atoms with Crippen LogP contribution in [0, 0.1) is 0 Å². The van der Waals surface area contributed by atoms with E-state index in [1.54, 1.807) is 12.0 Å². The van der Waals surface area contributed by atoms with Gasteiger partial charge in [-0.3, -0.25) is 4.90 Å². The van der Waals surface area contributed by atoms with Crippen molar-refractivity contribution in [2.45, 2.75) is 12.1 Å². The predicted octanol–water partition coefficient (Wildman–Crippen LogP) is 5.13. The number of ether oxygens (including phenoxy) is 2. The fourth-order valence-corrected chi connectivity index (χ4v) is 3.35. The molecule has 1 aliphatic heterocycles. The van der Waals surface area contributed by atoms with E-state index < -0.39 is 0 Å². The molecule has 0 aliphatic carbocycles. The summed E-state index contributed by atoms with van der Waals surface area (Å²) in [5, 5.41) is 0. The molecule has 130 valence electrons. The van der Waals surface area contributed by atoms with Crippen LogP contribution in [0.4, 0.5) is 10.5 Å². The molecule has 0 saturated carbocycles. The lowest BCUT2D eigenvalue weighted by Crippen LogP contribution is -2.27. The van der Waals surface area contributed by atoms with E-state index in [1.165, 1.54) is 0 Å². The van der Waals surface area contributed by atoms with Crippen molar-refractivity contribution in [3.8, 4) is 5.75 Å². The Morgan fingerprint density at radius 1 is 0.808 bits per heavy atom. The predicted molar refractivity (Wildman–Crippen MR) is 100 cm³/mol. The van der Waals surface area contributed by atoms with Crippen molar-refractivity contribution in [3.05, 3.63) is 96.1 Å². The monoisotopic (exact) mass is 345 g/mol. The summed E-state index contributed by atoms with van der Waals surface area (Å²) < 4.78 is 11.0. The Kier molecular flexibility index (Phi) is 4.32. The summed E-state index contributed by atoms with van der Waals surface area (Å²) in [5.41, 5.74) is 2.79. The Labute approximate surface area is 152 Å². The minimum absolute atomic E-state index is 0.237. The average Bonchev–Trinajstić information content (AvgIpc) is 3.06. The number of carbonyl (C=O) groups excluding carboxylic acids is 1. The first-order chi connectivity index (χ1) is 12.8. The molecular formula is C22H19NO3. The Morgan fingerprint density at radius 3 is 1.96 bits per heavy atom. The van der Waals surface area contributed by atoms with Crippen LogP contribution in [0.25, 0.3) is 0 Å². The Morgan fingerprint density at radius 2 is 1.38 bits per heavy atom. The molecule has 4 nitrogen and oxygen atoms in total. The fraction of sp³-hybridized carbons (Fsp3) is 0.136. The number of anilines is 1. The molecule has 2 unspecified atom stereocenters. The number of nitrogens with zero attached hydrogens (tertiary/aromatic N) is 1. The number of hydrogen-bond acceptors (Lipinski definition) is 3. The van der Waals surface area contributed by atoms with Gasteiger partial charge in [0.2, 0.25) is 0 Å². The molecule has 4 rings (SSSR count). The van der Waals surface area contributed by atoms with Gasteiger partial charge in [-0.25, -0.2) is 4.79 Å². The van der Waals surface area contributed by atoms with Crippen molar-refractivity contribution < 1.29 is 14.3 Å². The second-order valence-corrected chi connectivity index (χ2v) is 6.14. The van der Waals surface area contributed by atoms with E-state index in [0.717, 1.165) is 22.6 Å². The lowest BCUT2D eigenvalue weighted by Gasteiger charge is -2.25. The second kappa shape index (κ2) is 6.92. The summed E-state index contributed by atoms with van der Waals surface area (Å²) >= 11 is 0. The number of carbonyl (C=O) groups is 1. The standard InChI is InChI=1S/C22H19NO3/c1-25-19-14-12-18(13-15-19)23-20(16-8-4-2-5-9-16)21(26-22(23)24)17-10-6-3-7-11-17/h2-15,20-21H,1H3. The molecule has 3 aromatic rings. The van der Waals surface area contributed by atoms with Crippen molar-refractivity contribution in [2.24, 2.45) is 0 Å². The van der Waals surface area contributed by atoms with E-state index in [0.29, 0.717) is 0 Å². The smallest absolute Gasteiger partial charge is 0.415 e. The highest BCUT2D eigenvalue weighted by atomic mass is 16.6. The molecule has 0 bridgehead atoms. The van der Waals surface area contributed by atoms with E-state index in [-0.39, 0.29) is 18.2 Å². The summed E-state index contributed by atoms with van der Waals surface area (Å²) in [6.07, 6.45) is -0.717. The van der Waals surface area contributed by atoms with E-state index in [2.05, 4.69) is 0 Å². The molecule has 0 N–H and O–H groups in total. The molecule has 4 heteroatoms. The summed E-state index contributed by atoms with van der Waals surface area (Å²) in [5.74, 6) is 0.747. The van der Waals surface area contributed by atoms with Crippen molar-refractivity contribution in [1.82, 2.24) is 0 Å². The largest absolute Gasteiger partial charge is 0.497 e. The first kappa shape index (κ1) is 16.2. The Bertz CT molecular complexity index is 878. The number of rotatable bonds is 4. The second-order valence-electron chi connectivity index (χ2n) is 6.14. The van der Waals surface area contributed by atoms with E-state index in [4.69, 9.17) is 9.47 Å². The van der Waals surface area contributed by atoms with Crippen LogP contribution < -0.4 is 9.64 Å². The molecule has 0 spiro atoms. The van der Waals surface area contributed by atoms with Crippen molar-refractivity contribution in [3.63, 3.8) is 0 Å². The summed E-state index contributed by atoms with van der Waals surface area (Å²) in [4.78, 5) is 14.5. The van der Waals surface area contributed by atoms with Gasteiger partial charge in [0, 0.05) is 5.69 Å². The Hall–Kier alpha value is -3.27. The number of cyclic esters (lactones) is 1. The maximum Gasteiger partial charge on any atom is 0.415 e. The highest BCUT2D eigenvalue weighted by Crippen LogP contribution is 2.45. The highest BCUT2D eigenvalue weighted by molar-refractivity contribution is 5.91. The van der Waals surface area contributed by atoms with E-state index in [1.807, 2.05) is 84.9 Å². The number of amides is 1. The maximum atomic E-state index is 12.8. The van der Waals surface area contributed by atoms with Crippen LogP contribution in [0.2, 0.25) is 0 Å². The SMILES string of the molecule is COc1ccc(N2C(=O)OC(c3ccccc3)C2c2ccccc2)cc1. The van der Waals surface area contributed by atoms with Gasteiger partial charge in [0.25, 0.3) is 0 Å². The lowest BCUT2D eigenvalue weighted by molar-refractivity contribution is 0.132. The zero-order valence-corrected chi connectivity index (χ0v) is 14.4. The molecule has 0 radical (unpaired) electrons. The molecule has 0 aromatic heterocycles. The highest BCUT2D eigenvalue weighted by Gasteiger charge is 2.44.